The molecule has 1 aromatic carbocycles. The Morgan fingerprint density at radius 1 is 1.24 bits per heavy atom. The van der Waals surface area contributed by atoms with Gasteiger partial charge < -0.3 is 0 Å². The van der Waals surface area contributed by atoms with Crippen LogP contribution in [-0.2, 0) is 6.42 Å². The topological polar surface area (TPSA) is 30.0 Å². The van der Waals surface area contributed by atoms with E-state index in [-0.39, 0.29) is 5.78 Å². The Kier molecular flexibility index (Phi) is 3.54. The maximum atomic E-state index is 12.4. The average molecular weight is 297 g/mol. The summed E-state index contributed by atoms with van der Waals surface area (Å²) >= 11 is 1.64. The van der Waals surface area contributed by atoms with Crippen molar-refractivity contribution in [3.63, 3.8) is 0 Å². The predicted octanol–water partition coefficient (Wildman–Crippen LogP) is 4.71. The van der Waals surface area contributed by atoms with Crippen LogP contribution in [0.2, 0.25) is 0 Å². The zero-order chi connectivity index (χ0) is 15.1. The largest absolute Gasteiger partial charge is 0.289 e. The Labute approximate surface area is 129 Å². The summed E-state index contributed by atoms with van der Waals surface area (Å²) in [5.41, 5.74) is 6.64. The maximum Gasteiger partial charge on any atom is 0.186 e. The van der Waals surface area contributed by atoms with Gasteiger partial charge in [-0.2, -0.15) is 0 Å². The molecule has 1 heterocycles. The van der Waals surface area contributed by atoms with Crippen LogP contribution in [0.5, 0.6) is 0 Å². The van der Waals surface area contributed by atoms with E-state index in [2.05, 4.69) is 33.1 Å². The summed E-state index contributed by atoms with van der Waals surface area (Å²) in [7, 11) is 0. The fourth-order valence-corrected chi connectivity index (χ4v) is 3.64. The van der Waals surface area contributed by atoms with Crippen LogP contribution in [0.25, 0.3) is 5.57 Å². The van der Waals surface area contributed by atoms with E-state index in [0.717, 1.165) is 28.3 Å². The van der Waals surface area contributed by atoms with Crippen LogP contribution in [0.15, 0.2) is 23.6 Å². The van der Waals surface area contributed by atoms with Crippen molar-refractivity contribution in [3.05, 3.63) is 56.5 Å². The lowest BCUT2D eigenvalue weighted by atomic mass is 9.86. The standard InChI is InChI=1S/C18H19NOS/c1-10(2)16-9-21-18(19-16)13-7-15-12(4)11(3)5-6-14(15)17(20)8-13/h5-6,8-10H,7H2,1-4H3. The van der Waals surface area contributed by atoms with E-state index in [4.69, 9.17) is 4.98 Å². The van der Waals surface area contributed by atoms with Gasteiger partial charge in [0.1, 0.15) is 5.01 Å². The van der Waals surface area contributed by atoms with E-state index in [9.17, 15) is 4.79 Å². The Morgan fingerprint density at radius 2 is 2.00 bits per heavy atom. The van der Waals surface area contributed by atoms with Crippen LogP contribution < -0.4 is 0 Å². The molecule has 21 heavy (non-hydrogen) atoms. The molecule has 0 bridgehead atoms. The second kappa shape index (κ2) is 5.23. The summed E-state index contributed by atoms with van der Waals surface area (Å²) in [6, 6.07) is 3.99. The molecule has 2 nitrogen and oxygen atoms in total. The number of thiazole rings is 1. The molecule has 0 N–H and O–H groups in total. The summed E-state index contributed by atoms with van der Waals surface area (Å²) in [6.45, 7) is 8.48. The normalized spacial score (nSPS) is 14.3. The van der Waals surface area contributed by atoms with Gasteiger partial charge in [0.05, 0.1) is 5.69 Å². The lowest BCUT2D eigenvalue weighted by Gasteiger charge is -2.18. The molecule has 0 amide bonds. The van der Waals surface area contributed by atoms with Gasteiger partial charge in [-0.05, 0) is 48.1 Å². The fraction of sp³-hybridized carbons (Fsp3) is 0.333. The first-order chi connectivity index (χ1) is 9.97. The molecule has 1 aliphatic carbocycles. The van der Waals surface area contributed by atoms with E-state index >= 15 is 0 Å². The zero-order valence-electron chi connectivity index (χ0n) is 12.9. The van der Waals surface area contributed by atoms with Crippen molar-refractivity contribution in [1.82, 2.24) is 4.98 Å². The molecule has 0 aliphatic heterocycles. The van der Waals surface area contributed by atoms with Gasteiger partial charge in [0.2, 0.25) is 0 Å². The van der Waals surface area contributed by atoms with Crippen molar-refractivity contribution in [2.24, 2.45) is 0 Å². The number of nitrogens with zero attached hydrogens (tertiary/aromatic N) is 1. The summed E-state index contributed by atoms with van der Waals surface area (Å²) in [5, 5.41) is 3.09. The van der Waals surface area contributed by atoms with Crippen molar-refractivity contribution in [3.8, 4) is 0 Å². The Bertz CT molecular complexity index is 753. The third-order valence-corrected chi connectivity index (χ3v) is 5.13. The van der Waals surface area contributed by atoms with E-state index in [0.29, 0.717) is 5.92 Å². The third-order valence-electron chi connectivity index (χ3n) is 4.20. The van der Waals surface area contributed by atoms with E-state index in [1.807, 2.05) is 12.1 Å². The highest BCUT2D eigenvalue weighted by Gasteiger charge is 2.22. The van der Waals surface area contributed by atoms with Gasteiger partial charge in [0, 0.05) is 17.4 Å². The molecule has 0 atom stereocenters. The van der Waals surface area contributed by atoms with E-state index < -0.39 is 0 Å². The Morgan fingerprint density at radius 3 is 2.67 bits per heavy atom. The van der Waals surface area contributed by atoms with Crippen molar-refractivity contribution in [2.45, 2.75) is 40.0 Å². The minimum atomic E-state index is 0.107. The van der Waals surface area contributed by atoms with Gasteiger partial charge in [-0.3, -0.25) is 4.79 Å². The molecule has 3 rings (SSSR count). The molecule has 0 saturated carbocycles. The first-order valence-electron chi connectivity index (χ1n) is 7.27. The number of aromatic nitrogens is 1. The third kappa shape index (κ3) is 2.46. The summed E-state index contributed by atoms with van der Waals surface area (Å²) < 4.78 is 0. The van der Waals surface area contributed by atoms with Crippen LogP contribution in [0.4, 0.5) is 0 Å². The number of rotatable bonds is 2. The molecule has 1 aromatic heterocycles. The fourth-order valence-electron chi connectivity index (χ4n) is 2.65. The number of hydrogen-bond acceptors (Lipinski definition) is 3. The van der Waals surface area contributed by atoms with Crippen LogP contribution in [0, 0.1) is 13.8 Å². The SMILES string of the molecule is Cc1ccc2c(c1C)CC(c1nc(C(C)C)cs1)=CC2=O. The summed E-state index contributed by atoms with van der Waals surface area (Å²) in [4.78, 5) is 17.1. The number of ketones is 1. The Hall–Kier alpha value is -1.74. The quantitative estimate of drug-likeness (QED) is 0.803. The highest BCUT2D eigenvalue weighted by atomic mass is 32.1. The minimum absolute atomic E-state index is 0.107. The maximum absolute atomic E-state index is 12.4. The lowest BCUT2D eigenvalue weighted by molar-refractivity contribution is 0.104. The number of carbonyl (C=O) groups is 1. The van der Waals surface area contributed by atoms with Gasteiger partial charge in [-0.15, -0.1) is 11.3 Å². The highest BCUT2D eigenvalue weighted by Crippen LogP contribution is 2.33. The smallest absolute Gasteiger partial charge is 0.186 e. The Balaban J connectivity index is 2.03. The number of hydrogen-bond donors (Lipinski definition) is 0. The first-order valence-corrected chi connectivity index (χ1v) is 8.15. The number of benzene rings is 1. The minimum Gasteiger partial charge on any atom is -0.289 e. The molecule has 0 spiro atoms. The molecule has 2 aromatic rings. The molecular formula is C18H19NOS. The van der Waals surface area contributed by atoms with Gasteiger partial charge in [0.25, 0.3) is 0 Å². The molecule has 0 fully saturated rings. The molecule has 0 radical (unpaired) electrons. The number of carbonyl (C=O) groups excluding carboxylic acids is 1. The van der Waals surface area contributed by atoms with Crippen molar-refractivity contribution >= 4 is 22.7 Å². The molecule has 1 aliphatic rings. The number of aryl methyl sites for hydroxylation is 1. The number of allylic oxidation sites excluding steroid dienone is 2. The molecule has 0 unspecified atom stereocenters. The van der Waals surface area contributed by atoms with E-state index in [1.54, 1.807) is 17.4 Å². The van der Waals surface area contributed by atoms with Gasteiger partial charge in [-0.25, -0.2) is 4.98 Å². The van der Waals surface area contributed by atoms with E-state index in [1.165, 1.54) is 16.7 Å². The van der Waals surface area contributed by atoms with Crippen molar-refractivity contribution in [2.75, 3.05) is 0 Å². The summed E-state index contributed by atoms with van der Waals surface area (Å²) in [5.74, 6) is 0.529. The average Bonchev–Trinajstić information content (AvgIpc) is 2.93. The molecule has 0 saturated heterocycles. The lowest BCUT2D eigenvalue weighted by Crippen LogP contribution is -2.11. The molecular weight excluding hydrogens is 278 g/mol. The zero-order valence-corrected chi connectivity index (χ0v) is 13.7. The van der Waals surface area contributed by atoms with Crippen molar-refractivity contribution < 1.29 is 4.79 Å². The first kappa shape index (κ1) is 14.2. The summed E-state index contributed by atoms with van der Waals surface area (Å²) in [6.07, 6.45) is 2.57. The van der Waals surface area contributed by atoms with Crippen LogP contribution in [-0.4, -0.2) is 10.8 Å². The van der Waals surface area contributed by atoms with Gasteiger partial charge in [0.15, 0.2) is 5.78 Å². The highest BCUT2D eigenvalue weighted by molar-refractivity contribution is 7.10. The van der Waals surface area contributed by atoms with Gasteiger partial charge in [-0.1, -0.05) is 26.0 Å². The predicted molar refractivity (Wildman–Crippen MR) is 88.1 cm³/mol. The monoisotopic (exact) mass is 297 g/mol. The molecule has 108 valence electrons. The van der Waals surface area contributed by atoms with Crippen LogP contribution in [0.1, 0.15) is 57.5 Å². The van der Waals surface area contributed by atoms with Crippen molar-refractivity contribution in [1.29, 1.82) is 0 Å². The second-order valence-corrected chi connectivity index (χ2v) is 6.83. The van der Waals surface area contributed by atoms with Gasteiger partial charge >= 0.3 is 0 Å². The number of fused-ring (bicyclic) bond motifs is 1. The van der Waals surface area contributed by atoms with Crippen LogP contribution >= 0.6 is 11.3 Å². The second-order valence-electron chi connectivity index (χ2n) is 5.98. The molecule has 3 heteroatoms. The van der Waals surface area contributed by atoms with Crippen LogP contribution in [0.3, 0.4) is 0 Å².